The molecule has 4 rings (SSSR count). The summed E-state index contributed by atoms with van der Waals surface area (Å²) in [7, 11) is 0. The molecule has 0 aliphatic rings. The van der Waals surface area contributed by atoms with Crippen LogP contribution in [0.3, 0.4) is 0 Å². The molecular formula is C22H18ClN7O2. The van der Waals surface area contributed by atoms with Gasteiger partial charge < -0.3 is 0 Å². The first kappa shape index (κ1) is 21.0. The van der Waals surface area contributed by atoms with Crippen molar-refractivity contribution in [3.05, 3.63) is 95.8 Å². The van der Waals surface area contributed by atoms with Gasteiger partial charge in [0.25, 0.3) is 5.91 Å². The first-order valence-corrected chi connectivity index (χ1v) is 9.89. The average molecular weight is 448 g/mol. The van der Waals surface area contributed by atoms with Gasteiger partial charge in [-0.3, -0.25) is 15.6 Å². The van der Waals surface area contributed by atoms with E-state index in [2.05, 4.69) is 15.5 Å². The number of anilines is 1. The van der Waals surface area contributed by atoms with Crippen molar-refractivity contribution in [3.63, 3.8) is 0 Å². The third-order valence-corrected chi connectivity index (χ3v) is 4.74. The summed E-state index contributed by atoms with van der Waals surface area (Å²) in [5.74, 6) is 4.91. The van der Waals surface area contributed by atoms with E-state index in [1.54, 1.807) is 60.7 Å². The highest BCUT2D eigenvalue weighted by atomic mass is 35.5. The molecule has 0 bridgehead atoms. The van der Waals surface area contributed by atoms with Gasteiger partial charge in [0.15, 0.2) is 0 Å². The number of carbonyl (C=O) groups excluding carboxylic acids is 2. The maximum Gasteiger partial charge on any atom is 0.357 e. The highest BCUT2D eigenvalue weighted by Gasteiger charge is 2.28. The Morgan fingerprint density at radius 3 is 2.34 bits per heavy atom. The minimum atomic E-state index is -0.866. The summed E-state index contributed by atoms with van der Waals surface area (Å²) in [6, 6.07) is 21.9. The molecular weight excluding hydrogens is 430 g/mol. The van der Waals surface area contributed by atoms with Gasteiger partial charge in [-0.2, -0.15) is 10.1 Å². The van der Waals surface area contributed by atoms with Crippen LogP contribution in [0.2, 0.25) is 5.02 Å². The van der Waals surface area contributed by atoms with Crippen LogP contribution in [-0.4, -0.2) is 31.7 Å². The number of amides is 3. The number of nitrogens with two attached hydrogens (primary N) is 1. The average Bonchev–Trinajstić information content (AvgIpc) is 3.29. The molecule has 4 aromatic rings. The minimum Gasteiger partial charge on any atom is -0.274 e. The predicted molar refractivity (Wildman–Crippen MR) is 121 cm³/mol. The molecule has 32 heavy (non-hydrogen) atoms. The molecule has 0 atom stereocenters. The van der Waals surface area contributed by atoms with Crippen LogP contribution in [0.1, 0.15) is 10.5 Å². The van der Waals surface area contributed by atoms with E-state index in [0.29, 0.717) is 16.4 Å². The largest absolute Gasteiger partial charge is 0.357 e. The molecule has 0 aliphatic heterocycles. The second-order valence-electron chi connectivity index (χ2n) is 6.59. The Balaban J connectivity index is 1.79. The fraction of sp³-hybridized carbons (Fsp3) is 0. The van der Waals surface area contributed by atoms with Gasteiger partial charge >= 0.3 is 6.03 Å². The van der Waals surface area contributed by atoms with Crippen LogP contribution in [0.15, 0.2) is 85.1 Å². The standard InChI is InChI=1S/C22H18ClN7O2/c23-16-11-9-15(10-12-16)18-14-19(29(27-18)17-6-2-1-3-7-17)21(31)30(22(32)26-24)28-20-8-4-5-13-25-20/h1-14H,24H2,(H,25,28)(H,26,32). The number of hydrazine groups is 2. The zero-order valence-electron chi connectivity index (χ0n) is 16.6. The summed E-state index contributed by atoms with van der Waals surface area (Å²) in [6.07, 6.45) is 1.53. The Bertz CT molecular complexity index is 1230. The van der Waals surface area contributed by atoms with Gasteiger partial charge in [0.05, 0.1) is 11.4 Å². The zero-order valence-corrected chi connectivity index (χ0v) is 17.4. The molecule has 0 saturated carbocycles. The lowest BCUT2D eigenvalue weighted by Gasteiger charge is -2.21. The maximum absolute atomic E-state index is 13.5. The van der Waals surface area contributed by atoms with E-state index >= 15 is 0 Å². The number of hydrogen-bond acceptors (Lipinski definition) is 6. The highest BCUT2D eigenvalue weighted by molar-refractivity contribution is 6.30. The van der Waals surface area contributed by atoms with E-state index in [0.717, 1.165) is 10.6 Å². The summed E-state index contributed by atoms with van der Waals surface area (Å²) < 4.78 is 1.46. The molecule has 3 amide bonds. The van der Waals surface area contributed by atoms with Crippen LogP contribution in [-0.2, 0) is 0 Å². The lowest BCUT2D eigenvalue weighted by atomic mass is 10.1. The van der Waals surface area contributed by atoms with E-state index in [1.807, 2.05) is 23.6 Å². The Kier molecular flexibility index (Phi) is 6.11. The van der Waals surface area contributed by atoms with Crippen molar-refractivity contribution in [1.29, 1.82) is 0 Å². The number of imide groups is 1. The molecule has 0 spiro atoms. The highest BCUT2D eigenvalue weighted by Crippen LogP contribution is 2.24. The Labute approximate surface area is 188 Å². The molecule has 0 radical (unpaired) electrons. The third kappa shape index (κ3) is 4.43. The predicted octanol–water partition coefficient (Wildman–Crippen LogP) is 3.64. The second kappa shape index (κ2) is 9.29. The second-order valence-corrected chi connectivity index (χ2v) is 7.02. The number of nitrogens with zero attached hydrogens (tertiary/aromatic N) is 4. The number of nitrogens with one attached hydrogen (secondary N) is 2. The number of benzene rings is 2. The van der Waals surface area contributed by atoms with Crippen LogP contribution < -0.4 is 16.7 Å². The van der Waals surface area contributed by atoms with E-state index < -0.39 is 11.9 Å². The lowest BCUT2D eigenvalue weighted by molar-refractivity contribution is 0.0820. The van der Waals surface area contributed by atoms with E-state index in [4.69, 9.17) is 17.4 Å². The molecule has 2 aromatic carbocycles. The molecule has 10 heteroatoms. The SMILES string of the molecule is NNC(=O)N(Nc1ccccn1)C(=O)c1cc(-c2ccc(Cl)cc2)nn1-c1ccccc1. The fourth-order valence-electron chi connectivity index (χ4n) is 2.98. The van der Waals surface area contributed by atoms with Crippen molar-refractivity contribution >= 4 is 29.4 Å². The molecule has 4 N–H and O–H groups in total. The fourth-order valence-corrected chi connectivity index (χ4v) is 3.10. The molecule has 2 aromatic heterocycles. The van der Waals surface area contributed by atoms with Gasteiger partial charge in [-0.15, -0.1) is 0 Å². The van der Waals surface area contributed by atoms with Gasteiger partial charge in [0.2, 0.25) is 0 Å². The van der Waals surface area contributed by atoms with Gasteiger partial charge in [-0.25, -0.2) is 20.3 Å². The smallest absolute Gasteiger partial charge is 0.274 e. The number of rotatable bonds is 5. The molecule has 0 unspecified atom stereocenters. The van der Waals surface area contributed by atoms with Crippen LogP contribution in [0.5, 0.6) is 0 Å². The van der Waals surface area contributed by atoms with Gasteiger partial charge in [-0.1, -0.05) is 48.0 Å². The normalized spacial score (nSPS) is 10.4. The number of urea groups is 1. The zero-order chi connectivity index (χ0) is 22.5. The minimum absolute atomic E-state index is 0.133. The number of halogens is 1. The lowest BCUT2D eigenvalue weighted by Crippen LogP contribution is -2.50. The van der Waals surface area contributed by atoms with Crippen LogP contribution in [0.4, 0.5) is 10.6 Å². The van der Waals surface area contributed by atoms with Gasteiger partial charge in [0.1, 0.15) is 11.5 Å². The first-order chi connectivity index (χ1) is 15.6. The Morgan fingerprint density at radius 1 is 0.969 bits per heavy atom. The molecule has 0 saturated heterocycles. The van der Waals surface area contributed by atoms with E-state index in [9.17, 15) is 9.59 Å². The summed E-state index contributed by atoms with van der Waals surface area (Å²) in [5.41, 5.74) is 6.71. The third-order valence-electron chi connectivity index (χ3n) is 4.49. The number of para-hydroxylation sites is 1. The van der Waals surface area contributed by atoms with Crippen molar-refractivity contribution in [1.82, 2.24) is 25.2 Å². The number of hydrogen-bond donors (Lipinski definition) is 3. The maximum atomic E-state index is 13.5. The first-order valence-electron chi connectivity index (χ1n) is 9.51. The quantitative estimate of drug-likeness (QED) is 0.244. The van der Waals surface area contributed by atoms with Crippen molar-refractivity contribution in [2.45, 2.75) is 0 Å². The van der Waals surface area contributed by atoms with Crippen LogP contribution in [0.25, 0.3) is 16.9 Å². The number of aromatic nitrogens is 3. The summed E-state index contributed by atoms with van der Waals surface area (Å²) in [5, 5.41) is 5.92. The van der Waals surface area contributed by atoms with Crippen LogP contribution in [0, 0.1) is 0 Å². The number of pyridine rings is 1. The monoisotopic (exact) mass is 447 g/mol. The van der Waals surface area contributed by atoms with Crippen LogP contribution >= 0.6 is 11.6 Å². The molecule has 0 aliphatic carbocycles. The Hall–Kier alpha value is -4.21. The Morgan fingerprint density at radius 2 is 1.69 bits per heavy atom. The topological polar surface area (TPSA) is 118 Å². The van der Waals surface area contributed by atoms with Crippen molar-refractivity contribution in [3.8, 4) is 16.9 Å². The van der Waals surface area contributed by atoms with Crippen molar-refractivity contribution < 1.29 is 9.59 Å². The summed E-state index contributed by atoms with van der Waals surface area (Å²) in [4.78, 5) is 30.0. The van der Waals surface area contributed by atoms with Gasteiger partial charge in [-0.05, 0) is 42.5 Å². The van der Waals surface area contributed by atoms with E-state index in [1.165, 1.54) is 10.9 Å². The van der Waals surface area contributed by atoms with Crippen molar-refractivity contribution in [2.24, 2.45) is 5.84 Å². The van der Waals surface area contributed by atoms with Gasteiger partial charge in [0, 0.05) is 16.8 Å². The summed E-state index contributed by atoms with van der Waals surface area (Å²) >= 11 is 5.99. The summed E-state index contributed by atoms with van der Waals surface area (Å²) in [6.45, 7) is 0. The van der Waals surface area contributed by atoms with E-state index in [-0.39, 0.29) is 11.5 Å². The molecule has 9 nitrogen and oxygen atoms in total. The molecule has 2 heterocycles. The number of carbonyl (C=O) groups is 2. The van der Waals surface area contributed by atoms with Crippen molar-refractivity contribution in [2.75, 3.05) is 5.43 Å². The molecule has 160 valence electrons. The molecule has 0 fully saturated rings.